The third kappa shape index (κ3) is 3.84. The van der Waals surface area contributed by atoms with Crippen LogP contribution in [0.5, 0.6) is 0 Å². The Kier molecular flexibility index (Phi) is 5.40. The SMILES string of the molecule is CCC1CCCN(S(=O)(=O)c2[nH]ncc2CNC(C)C)C1. The lowest BCUT2D eigenvalue weighted by Crippen LogP contribution is -2.40. The van der Waals surface area contributed by atoms with E-state index in [9.17, 15) is 8.42 Å². The van der Waals surface area contributed by atoms with Gasteiger partial charge in [-0.25, -0.2) is 8.42 Å². The Morgan fingerprint density at radius 2 is 2.29 bits per heavy atom. The monoisotopic (exact) mass is 314 g/mol. The Labute approximate surface area is 127 Å². The molecular formula is C14H26N4O2S. The summed E-state index contributed by atoms with van der Waals surface area (Å²) >= 11 is 0. The van der Waals surface area contributed by atoms with Crippen molar-refractivity contribution in [3.05, 3.63) is 11.8 Å². The summed E-state index contributed by atoms with van der Waals surface area (Å²) in [5.74, 6) is 0.466. The van der Waals surface area contributed by atoms with Crippen LogP contribution in [0.25, 0.3) is 0 Å². The minimum atomic E-state index is -3.46. The molecule has 1 aliphatic heterocycles. The fraction of sp³-hybridized carbons (Fsp3) is 0.786. The number of H-pyrrole nitrogens is 1. The Morgan fingerprint density at radius 3 is 2.95 bits per heavy atom. The van der Waals surface area contributed by atoms with Gasteiger partial charge in [0.15, 0.2) is 5.03 Å². The van der Waals surface area contributed by atoms with Gasteiger partial charge in [0.05, 0.1) is 6.20 Å². The molecule has 1 fully saturated rings. The molecule has 0 amide bonds. The van der Waals surface area contributed by atoms with E-state index in [1.54, 1.807) is 10.5 Å². The molecule has 1 unspecified atom stereocenters. The smallest absolute Gasteiger partial charge is 0.260 e. The molecule has 21 heavy (non-hydrogen) atoms. The Balaban J connectivity index is 2.17. The molecule has 0 aliphatic carbocycles. The van der Waals surface area contributed by atoms with Crippen molar-refractivity contribution < 1.29 is 8.42 Å². The van der Waals surface area contributed by atoms with Crippen LogP contribution in [-0.2, 0) is 16.6 Å². The number of hydrogen-bond acceptors (Lipinski definition) is 4. The third-order valence-electron chi connectivity index (χ3n) is 4.04. The van der Waals surface area contributed by atoms with E-state index >= 15 is 0 Å². The van der Waals surface area contributed by atoms with Gasteiger partial charge >= 0.3 is 0 Å². The number of nitrogens with zero attached hydrogens (tertiary/aromatic N) is 2. The van der Waals surface area contributed by atoms with Gasteiger partial charge in [-0.05, 0) is 18.8 Å². The van der Waals surface area contributed by atoms with Crippen LogP contribution in [0.4, 0.5) is 0 Å². The van der Waals surface area contributed by atoms with Crippen LogP contribution in [0, 0.1) is 5.92 Å². The zero-order valence-corrected chi connectivity index (χ0v) is 13.9. The molecule has 1 saturated heterocycles. The summed E-state index contributed by atoms with van der Waals surface area (Å²) in [7, 11) is -3.46. The average molecular weight is 314 g/mol. The van der Waals surface area contributed by atoms with Gasteiger partial charge in [0.2, 0.25) is 0 Å². The predicted octanol–water partition coefficient (Wildman–Crippen LogP) is 1.72. The van der Waals surface area contributed by atoms with Gasteiger partial charge in [-0.3, -0.25) is 5.10 Å². The van der Waals surface area contributed by atoms with Crippen LogP contribution in [0.3, 0.4) is 0 Å². The van der Waals surface area contributed by atoms with E-state index in [4.69, 9.17) is 0 Å². The quantitative estimate of drug-likeness (QED) is 0.838. The van der Waals surface area contributed by atoms with Crippen LogP contribution in [0.2, 0.25) is 0 Å². The second kappa shape index (κ2) is 6.89. The number of aromatic nitrogens is 2. The normalized spacial score (nSPS) is 21.0. The molecular weight excluding hydrogens is 288 g/mol. The van der Waals surface area contributed by atoms with Crippen LogP contribution >= 0.6 is 0 Å². The molecule has 120 valence electrons. The van der Waals surface area contributed by atoms with Gasteiger partial charge in [0, 0.05) is 31.2 Å². The molecule has 2 N–H and O–H groups in total. The summed E-state index contributed by atoms with van der Waals surface area (Å²) < 4.78 is 27.2. The van der Waals surface area contributed by atoms with Gasteiger partial charge in [0.25, 0.3) is 10.0 Å². The molecule has 7 heteroatoms. The number of aromatic amines is 1. The number of piperidine rings is 1. The number of nitrogens with one attached hydrogen (secondary N) is 2. The van der Waals surface area contributed by atoms with Crippen molar-refractivity contribution in [1.82, 2.24) is 19.8 Å². The Bertz CT molecular complexity index is 553. The van der Waals surface area contributed by atoms with Crippen molar-refractivity contribution in [3.63, 3.8) is 0 Å². The van der Waals surface area contributed by atoms with Crippen molar-refractivity contribution in [1.29, 1.82) is 0 Å². The maximum absolute atomic E-state index is 12.8. The molecule has 1 atom stereocenters. The molecule has 2 heterocycles. The van der Waals surface area contributed by atoms with Crippen molar-refractivity contribution >= 4 is 10.0 Å². The van der Waals surface area contributed by atoms with E-state index in [0.717, 1.165) is 19.3 Å². The summed E-state index contributed by atoms with van der Waals surface area (Å²) in [6.45, 7) is 7.92. The zero-order valence-electron chi connectivity index (χ0n) is 13.1. The van der Waals surface area contributed by atoms with Crippen molar-refractivity contribution in [2.24, 2.45) is 5.92 Å². The van der Waals surface area contributed by atoms with E-state index in [1.807, 2.05) is 13.8 Å². The van der Waals surface area contributed by atoms with E-state index in [2.05, 4.69) is 22.4 Å². The predicted molar refractivity (Wildman–Crippen MR) is 82.3 cm³/mol. The highest BCUT2D eigenvalue weighted by Gasteiger charge is 2.32. The lowest BCUT2D eigenvalue weighted by Gasteiger charge is -2.31. The first-order valence-corrected chi connectivity index (χ1v) is 9.15. The molecule has 2 rings (SSSR count). The lowest BCUT2D eigenvalue weighted by atomic mass is 9.97. The zero-order chi connectivity index (χ0) is 15.5. The maximum atomic E-state index is 12.8. The second-order valence-electron chi connectivity index (χ2n) is 6.04. The second-order valence-corrected chi connectivity index (χ2v) is 7.91. The molecule has 0 radical (unpaired) electrons. The topological polar surface area (TPSA) is 78.1 Å². The van der Waals surface area contributed by atoms with Gasteiger partial charge in [-0.15, -0.1) is 0 Å². The minimum absolute atomic E-state index is 0.243. The van der Waals surface area contributed by atoms with Gasteiger partial charge in [-0.2, -0.15) is 9.40 Å². The first-order valence-electron chi connectivity index (χ1n) is 7.71. The largest absolute Gasteiger partial charge is 0.310 e. The molecule has 0 bridgehead atoms. The molecule has 0 aromatic carbocycles. The van der Waals surface area contributed by atoms with E-state index < -0.39 is 10.0 Å². The fourth-order valence-corrected chi connectivity index (χ4v) is 4.33. The van der Waals surface area contributed by atoms with Crippen LogP contribution < -0.4 is 5.32 Å². The standard InChI is InChI=1S/C14H26N4O2S/c1-4-12-6-5-7-18(10-12)21(19,20)14-13(9-16-17-14)8-15-11(2)3/h9,11-12,15H,4-8,10H2,1-3H3,(H,16,17). The highest BCUT2D eigenvalue weighted by molar-refractivity contribution is 7.89. The van der Waals surface area contributed by atoms with Gasteiger partial charge < -0.3 is 5.32 Å². The first-order chi connectivity index (χ1) is 9.95. The van der Waals surface area contributed by atoms with Crippen molar-refractivity contribution in [3.8, 4) is 0 Å². The average Bonchev–Trinajstić information content (AvgIpc) is 2.94. The van der Waals surface area contributed by atoms with Crippen molar-refractivity contribution in [2.45, 2.75) is 57.6 Å². The third-order valence-corrected chi connectivity index (χ3v) is 5.92. The summed E-state index contributed by atoms with van der Waals surface area (Å²) in [4.78, 5) is 0. The van der Waals surface area contributed by atoms with E-state index in [1.165, 1.54) is 0 Å². The van der Waals surface area contributed by atoms with Crippen molar-refractivity contribution in [2.75, 3.05) is 13.1 Å². The van der Waals surface area contributed by atoms with Gasteiger partial charge in [0.1, 0.15) is 0 Å². The molecule has 0 spiro atoms. The fourth-order valence-electron chi connectivity index (χ4n) is 2.67. The van der Waals surface area contributed by atoms with Crippen LogP contribution in [0.1, 0.15) is 45.6 Å². The lowest BCUT2D eigenvalue weighted by molar-refractivity contribution is 0.261. The van der Waals surface area contributed by atoms with E-state index in [0.29, 0.717) is 37.2 Å². The molecule has 0 saturated carbocycles. The molecule has 1 aromatic rings. The number of rotatable bonds is 6. The number of sulfonamides is 1. The number of hydrogen-bond donors (Lipinski definition) is 2. The summed E-state index contributed by atoms with van der Waals surface area (Å²) in [6, 6.07) is 0.301. The maximum Gasteiger partial charge on any atom is 0.260 e. The minimum Gasteiger partial charge on any atom is -0.310 e. The highest BCUT2D eigenvalue weighted by atomic mass is 32.2. The Hall–Kier alpha value is -0.920. The first kappa shape index (κ1) is 16.5. The molecule has 6 nitrogen and oxygen atoms in total. The van der Waals surface area contributed by atoms with E-state index in [-0.39, 0.29) is 5.03 Å². The molecule has 1 aromatic heterocycles. The van der Waals surface area contributed by atoms with Gasteiger partial charge in [-0.1, -0.05) is 27.2 Å². The summed E-state index contributed by atoms with van der Waals surface area (Å²) in [5.41, 5.74) is 0.710. The van der Waals surface area contributed by atoms with Crippen LogP contribution in [0.15, 0.2) is 11.2 Å². The van der Waals surface area contributed by atoms with Crippen LogP contribution in [-0.4, -0.2) is 42.1 Å². The molecule has 1 aliphatic rings. The summed E-state index contributed by atoms with van der Waals surface area (Å²) in [6.07, 6.45) is 4.68. The summed E-state index contributed by atoms with van der Waals surface area (Å²) in [5, 5.41) is 10.1. The highest BCUT2D eigenvalue weighted by Crippen LogP contribution is 2.25. The Morgan fingerprint density at radius 1 is 1.52 bits per heavy atom.